The topological polar surface area (TPSA) is 87.0 Å². The van der Waals surface area contributed by atoms with Crippen molar-refractivity contribution in [2.24, 2.45) is 0 Å². The number of furan rings is 1. The lowest BCUT2D eigenvalue weighted by atomic mass is 10.1. The monoisotopic (exact) mass is 390 g/mol. The van der Waals surface area contributed by atoms with Gasteiger partial charge >= 0.3 is 0 Å². The maximum Gasteiger partial charge on any atom is 0.289 e. The Hall–Kier alpha value is -2.39. The number of aromatic nitrogens is 1. The van der Waals surface area contributed by atoms with Crippen LogP contribution < -0.4 is 4.90 Å². The number of rotatable bonds is 2. The second kappa shape index (κ2) is 6.35. The number of sulfonamides is 1. The first-order chi connectivity index (χ1) is 12.8. The van der Waals surface area contributed by atoms with Gasteiger partial charge in [-0.1, -0.05) is 0 Å². The Bertz CT molecular complexity index is 958. The van der Waals surface area contributed by atoms with Gasteiger partial charge in [-0.2, -0.15) is 4.31 Å². The molecule has 0 aliphatic carbocycles. The number of likely N-dealkylation sites (N-methyl/N-ethyl adjacent to an activating group) is 1. The van der Waals surface area contributed by atoms with Gasteiger partial charge < -0.3 is 14.2 Å². The molecule has 2 aliphatic heterocycles. The van der Waals surface area contributed by atoms with E-state index >= 15 is 0 Å². The molecule has 2 aromatic rings. The van der Waals surface area contributed by atoms with Crippen LogP contribution in [0.3, 0.4) is 0 Å². The smallest absolute Gasteiger partial charge is 0.289 e. The average molecular weight is 390 g/mol. The van der Waals surface area contributed by atoms with Gasteiger partial charge in [0.15, 0.2) is 5.76 Å². The summed E-state index contributed by atoms with van der Waals surface area (Å²) in [6, 6.07) is 5.70. The molecule has 27 heavy (non-hydrogen) atoms. The molecule has 0 N–H and O–H groups in total. The van der Waals surface area contributed by atoms with Gasteiger partial charge in [0.2, 0.25) is 10.0 Å². The summed E-state index contributed by atoms with van der Waals surface area (Å²) in [5.41, 5.74) is 0. The molecule has 1 saturated heterocycles. The highest BCUT2D eigenvalue weighted by Crippen LogP contribution is 2.37. The molecular formula is C18H22N4O4S. The fourth-order valence-corrected chi connectivity index (χ4v) is 6.10. The van der Waals surface area contributed by atoms with Gasteiger partial charge in [0.25, 0.3) is 5.91 Å². The molecule has 144 valence electrons. The Morgan fingerprint density at radius 3 is 2.63 bits per heavy atom. The van der Waals surface area contributed by atoms with Crippen LogP contribution in [0.1, 0.15) is 24.4 Å². The molecule has 9 heteroatoms. The number of nitrogens with zero attached hydrogens (tertiary/aromatic N) is 4. The fraction of sp³-hybridized carbons (Fsp3) is 0.444. The van der Waals surface area contributed by atoms with Crippen LogP contribution in [0.2, 0.25) is 0 Å². The molecule has 0 unspecified atom stereocenters. The Morgan fingerprint density at radius 1 is 1.22 bits per heavy atom. The molecule has 0 spiro atoms. The predicted molar refractivity (Wildman–Crippen MR) is 99.0 cm³/mol. The highest BCUT2D eigenvalue weighted by Gasteiger charge is 2.50. The Balaban J connectivity index is 1.79. The van der Waals surface area contributed by atoms with Crippen LogP contribution in [-0.2, 0) is 10.0 Å². The number of carbonyl (C=O) groups is 1. The van der Waals surface area contributed by atoms with E-state index in [-0.39, 0.29) is 34.7 Å². The lowest BCUT2D eigenvalue weighted by Crippen LogP contribution is -2.52. The zero-order valence-corrected chi connectivity index (χ0v) is 16.3. The summed E-state index contributed by atoms with van der Waals surface area (Å²) in [5.74, 6) is 0.443. The van der Waals surface area contributed by atoms with E-state index in [4.69, 9.17) is 4.42 Å². The van der Waals surface area contributed by atoms with Crippen molar-refractivity contribution in [3.05, 3.63) is 42.5 Å². The summed E-state index contributed by atoms with van der Waals surface area (Å²) in [6.45, 7) is 4.41. The van der Waals surface area contributed by atoms with Crippen LogP contribution in [0.5, 0.6) is 0 Å². The van der Waals surface area contributed by atoms with Crippen molar-refractivity contribution in [3.63, 3.8) is 0 Å². The second-order valence-corrected chi connectivity index (χ2v) is 9.00. The molecule has 0 saturated carbocycles. The SMILES string of the molecule is CC(C)N1[C@@H]2CN(C(=O)c3ccco3)C[C@@H]2N(C)c2ncccc2S1(=O)=O. The highest BCUT2D eigenvalue weighted by molar-refractivity contribution is 7.89. The van der Waals surface area contributed by atoms with E-state index in [0.717, 1.165) is 0 Å². The Kier molecular flexibility index (Phi) is 4.23. The molecule has 4 heterocycles. The summed E-state index contributed by atoms with van der Waals surface area (Å²) < 4.78 is 33.6. The molecule has 0 aromatic carbocycles. The minimum absolute atomic E-state index is 0.197. The van der Waals surface area contributed by atoms with Crippen LogP contribution in [0.4, 0.5) is 5.82 Å². The lowest BCUT2D eigenvalue weighted by Gasteiger charge is -2.33. The van der Waals surface area contributed by atoms with Gasteiger partial charge in [-0.05, 0) is 38.1 Å². The third-order valence-corrected chi connectivity index (χ3v) is 7.37. The van der Waals surface area contributed by atoms with Crippen LogP contribution in [0, 0.1) is 0 Å². The lowest BCUT2D eigenvalue weighted by molar-refractivity contribution is 0.0750. The summed E-state index contributed by atoms with van der Waals surface area (Å²) in [6.07, 6.45) is 3.05. The van der Waals surface area contributed by atoms with Crippen molar-refractivity contribution in [1.82, 2.24) is 14.2 Å². The number of likely N-dealkylation sites (tertiary alicyclic amines) is 1. The van der Waals surface area contributed by atoms with Crippen molar-refractivity contribution >= 4 is 21.7 Å². The second-order valence-electron chi connectivity index (χ2n) is 7.19. The summed E-state index contributed by atoms with van der Waals surface area (Å²) in [4.78, 5) is 20.8. The number of pyridine rings is 1. The van der Waals surface area contributed by atoms with Crippen molar-refractivity contribution in [3.8, 4) is 0 Å². The average Bonchev–Trinajstić information content (AvgIpc) is 3.29. The normalized spacial score (nSPS) is 24.6. The fourth-order valence-electron chi connectivity index (χ4n) is 4.08. The number of hydrogen-bond acceptors (Lipinski definition) is 6. The standard InChI is InChI=1S/C18H22N4O4S/c1-12(2)22-14-11-21(18(23)15-6-5-9-26-15)10-13(14)20(3)17-16(27(22,24)25)7-4-8-19-17/h4-9,12-14H,10-11H2,1-3H3/t13-,14+/m0/s1. The maximum atomic E-state index is 13.4. The van der Waals surface area contributed by atoms with Crippen molar-refractivity contribution in [2.45, 2.75) is 36.9 Å². The third kappa shape index (κ3) is 2.72. The maximum absolute atomic E-state index is 13.4. The van der Waals surface area contributed by atoms with Gasteiger partial charge in [-0.25, -0.2) is 13.4 Å². The molecule has 2 aliphatic rings. The van der Waals surface area contributed by atoms with E-state index < -0.39 is 10.0 Å². The van der Waals surface area contributed by atoms with Crippen molar-refractivity contribution in [2.75, 3.05) is 25.0 Å². The van der Waals surface area contributed by atoms with E-state index in [1.807, 2.05) is 25.8 Å². The molecule has 8 nitrogen and oxygen atoms in total. The van der Waals surface area contributed by atoms with E-state index in [1.165, 1.54) is 10.6 Å². The van der Waals surface area contributed by atoms with Crippen LogP contribution >= 0.6 is 0 Å². The van der Waals surface area contributed by atoms with Crippen LogP contribution in [0.25, 0.3) is 0 Å². The van der Waals surface area contributed by atoms with E-state index in [1.54, 1.807) is 35.4 Å². The zero-order chi connectivity index (χ0) is 19.3. The molecular weight excluding hydrogens is 368 g/mol. The van der Waals surface area contributed by atoms with Crippen LogP contribution in [0.15, 0.2) is 46.0 Å². The minimum Gasteiger partial charge on any atom is -0.459 e. The van der Waals surface area contributed by atoms with Gasteiger partial charge in [-0.3, -0.25) is 4.79 Å². The molecule has 4 rings (SSSR count). The predicted octanol–water partition coefficient (Wildman–Crippen LogP) is 1.42. The largest absolute Gasteiger partial charge is 0.459 e. The summed E-state index contributed by atoms with van der Waals surface area (Å²) in [7, 11) is -1.90. The Morgan fingerprint density at radius 2 is 1.96 bits per heavy atom. The first-order valence-electron chi connectivity index (χ1n) is 8.86. The molecule has 1 amide bonds. The van der Waals surface area contributed by atoms with Gasteiger partial charge in [-0.15, -0.1) is 0 Å². The Labute approximate surface area is 158 Å². The number of carbonyl (C=O) groups excluding carboxylic acids is 1. The summed E-state index contributed by atoms with van der Waals surface area (Å²) >= 11 is 0. The quantitative estimate of drug-likeness (QED) is 0.771. The summed E-state index contributed by atoms with van der Waals surface area (Å²) in [5, 5.41) is 0. The number of amides is 1. The van der Waals surface area contributed by atoms with E-state index in [2.05, 4.69) is 4.98 Å². The van der Waals surface area contributed by atoms with Gasteiger partial charge in [0, 0.05) is 32.4 Å². The van der Waals surface area contributed by atoms with Gasteiger partial charge in [0.05, 0.1) is 18.3 Å². The van der Waals surface area contributed by atoms with E-state index in [9.17, 15) is 13.2 Å². The number of anilines is 1. The molecule has 1 fully saturated rings. The van der Waals surface area contributed by atoms with E-state index in [0.29, 0.717) is 18.9 Å². The van der Waals surface area contributed by atoms with Crippen molar-refractivity contribution in [1.29, 1.82) is 0 Å². The first kappa shape index (κ1) is 18.0. The van der Waals surface area contributed by atoms with Gasteiger partial charge in [0.1, 0.15) is 10.7 Å². The molecule has 2 atom stereocenters. The van der Waals surface area contributed by atoms with Crippen LogP contribution in [-0.4, -0.2) is 66.8 Å². The van der Waals surface area contributed by atoms with Crippen molar-refractivity contribution < 1.29 is 17.6 Å². The first-order valence-corrected chi connectivity index (χ1v) is 10.3. The third-order valence-electron chi connectivity index (χ3n) is 5.25. The number of fused-ring (bicyclic) bond motifs is 2. The minimum atomic E-state index is -3.74. The zero-order valence-electron chi connectivity index (χ0n) is 15.4. The molecule has 0 radical (unpaired) electrons. The number of hydrogen-bond donors (Lipinski definition) is 0. The molecule has 2 aromatic heterocycles. The molecule has 0 bridgehead atoms. The highest BCUT2D eigenvalue weighted by atomic mass is 32.2.